The fraction of sp³-hybridized carbons (Fsp3) is 0.667. The predicted octanol–water partition coefficient (Wildman–Crippen LogP) is -3.33. The van der Waals surface area contributed by atoms with Crippen molar-refractivity contribution < 1.29 is 47.0 Å². The van der Waals surface area contributed by atoms with Crippen LogP contribution < -0.4 is 23.8 Å². The summed E-state index contributed by atoms with van der Waals surface area (Å²) in [4.78, 5) is 31.4. The molecule has 0 spiro atoms. The normalized spacial score (nSPS) is 10.5. The number of carbonyl (C=O) groups excluding carboxylic acids is 2. The Labute approximate surface area is 93.8 Å². The Hall–Kier alpha value is 0.0474. The van der Waals surface area contributed by atoms with Gasteiger partial charge in [-0.3, -0.25) is 14.2 Å². The molecule has 0 fully saturated rings. The Morgan fingerprint density at radius 3 is 1.64 bits per heavy atom. The Balaban J connectivity index is 0. The third kappa shape index (κ3) is 10.1. The van der Waals surface area contributed by atoms with Crippen LogP contribution in [0.2, 0.25) is 0 Å². The molecule has 0 heterocycles. The maximum Gasteiger partial charge on any atom is 1.00 e. The monoisotopic (exact) mass is 216 g/mol. The summed E-state index contributed by atoms with van der Waals surface area (Å²) in [6.45, 7) is 1.20. The summed E-state index contributed by atoms with van der Waals surface area (Å²) in [6.07, 6.45) is 0. The Bertz CT molecular complexity index is 231. The quantitative estimate of drug-likeness (QED) is 0.340. The van der Waals surface area contributed by atoms with Crippen LogP contribution in [0.3, 0.4) is 0 Å². The van der Waals surface area contributed by atoms with Crippen molar-refractivity contribution in [3.8, 4) is 0 Å². The zero-order valence-electron chi connectivity index (χ0n) is 8.31. The summed E-state index contributed by atoms with van der Waals surface area (Å²) in [5, 5.41) is 0. The Morgan fingerprint density at radius 1 is 1.14 bits per heavy atom. The SMILES string of the molecule is CC(=O)COP(=O)([O-])OCC(C)=O.[Li+]. The number of phosphoric ester groups is 1. The van der Waals surface area contributed by atoms with Gasteiger partial charge in [-0.15, -0.1) is 0 Å². The standard InChI is InChI=1S/C6H11O6P.Li/c1-5(7)3-11-13(9,10)12-4-6(2)8;/h3-4H2,1-2H3,(H,9,10);/q;+1/p-1. The smallest absolute Gasteiger partial charge is 0.756 e. The largest absolute Gasteiger partial charge is 1.00 e. The van der Waals surface area contributed by atoms with Gasteiger partial charge in [-0.1, -0.05) is 0 Å². The molecule has 76 valence electrons. The van der Waals surface area contributed by atoms with Gasteiger partial charge < -0.3 is 13.9 Å². The number of hydrogen-bond donors (Lipinski definition) is 0. The average Bonchev–Trinajstić information content (AvgIpc) is 1.98. The van der Waals surface area contributed by atoms with Crippen LogP contribution in [0.5, 0.6) is 0 Å². The van der Waals surface area contributed by atoms with Gasteiger partial charge in [0.25, 0.3) is 7.82 Å². The molecule has 0 saturated heterocycles. The van der Waals surface area contributed by atoms with Crippen molar-refractivity contribution in [2.45, 2.75) is 13.8 Å². The van der Waals surface area contributed by atoms with Crippen molar-refractivity contribution in [1.29, 1.82) is 0 Å². The summed E-state index contributed by atoms with van der Waals surface area (Å²) >= 11 is 0. The van der Waals surface area contributed by atoms with E-state index in [2.05, 4.69) is 9.05 Å². The number of Topliss-reactive ketones (excluding diaryl/α,β-unsaturated/α-hetero) is 2. The molecule has 0 bridgehead atoms. The van der Waals surface area contributed by atoms with Crippen LogP contribution in [0.25, 0.3) is 0 Å². The van der Waals surface area contributed by atoms with Crippen LogP contribution in [0.4, 0.5) is 0 Å². The fourth-order valence-corrected chi connectivity index (χ4v) is 1.13. The minimum Gasteiger partial charge on any atom is -0.756 e. The van der Waals surface area contributed by atoms with Crippen molar-refractivity contribution in [2.24, 2.45) is 0 Å². The van der Waals surface area contributed by atoms with Gasteiger partial charge in [0.2, 0.25) is 0 Å². The van der Waals surface area contributed by atoms with Crippen LogP contribution in [0.1, 0.15) is 13.8 Å². The molecule has 0 aliphatic rings. The third-order valence-corrected chi connectivity index (χ3v) is 1.74. The summed E-state index contributed by atoms with van der Waals surface area (Å²) < 4.78 is 19.0. The third-order valence-electron chi connectivity index (χ3n) is 0.852. The van der Waals surface area contributed by atoms with Crippen molar-refractivity contribution in [3.63, 3.8) is 0 Å². The van der Waals surface area contributed by atoms with Gasteiger partial charge >= 0.3 is 18.9 Å². The summed E-state index contributed by atoms with van der Waals surface area (Å²) in [6, 6.07) is 0. The summed E-state index contributed by atoms with van der Waals surface area (Å²) in [7, 11) is -4.49. The summed E-state index contributed by atoms with van der Waals surface area (Å²) in [5.74, 6) is -0.884. The van der Waals surface area contributed by atoms with E-state index >= 15 is 0 Å². The van der Waals surface area contributed by atoms with Crippen LogP contribution in [-0.2, 0) is 23.2 Å². The van der Waals surface area contributed by atoms with Crippen molar-refractivity contribution >= 4 is 19.4 Å². The second-order valence-electron chi connectivity index (χ2n) is 2.40. The van der Waals surface area contributed by atoms with Crippen molar-refractivity contribution in [3.05, 3.63) is 0 Å². The van der Waals surface area contributed by atoms with Gasteiger partial charge in [-0.25, -0.2) is 0 Å². The predicted molar refractivity (Wildman–Crippen MR) is 40.9 cm³/mol. The van der Waals surface area contributed by atoms with Crippen LogP contribution in [0.15, 0.2) is 0 Å². The molecule has 0 rings (SSSR count). The Kier molecular flexibility index (Phi) is 8.65. The van der Waals surface area contributed by atoms with E-state index in [4.69, 9.17) is 0 Å². The molecule has 14 heavy (non-hydrogen) atoms. The molecule has 0 atom stereocenters. The van der Waals surface area contributed by atoms with E-state index < -0.39 is 32.6 Å². The number of ketones is 2. The van der Waals surface area contributed by atoms with Gasteiger partial charge in [0.1, 0.15) is 13.2 Å². The molecule has 0 saturated carbocycles. The molecule has 0 aromatic carbocycles. The number of hydrogen-bond acceptors (Lipinski definition) is 6. The molecule has 0 aliphatic heterocycles. The van der Waals surface area contributed by atoms with Gasteiger partial charge in [0.15, 0.2) is 11.6 Å². The fourth-order valence-electron chi connectivity index (χ4n) is 0.377. The molecule has 8 heteroatoms. The molecule has 6 nitrogen and oxygen atoms in total. The second-order valence-corrected chi connectivity index (χ2v) is 3.81. The van der Waals surface area contributed by atoms with E-state index in [1.807, 2.05) is 0 Å². The zero-order chi connectivity index (χ0) is 10.5. The molecular formula is C6H10LiO6P. The second kappa shape index (κ2) is 7.35. The first kappa shape index (κ1) is 16.5. The maximum absolute atomic E-state index is 10.7. The number of carbonyl (C=O) groups is 2. The molecule has 0 aromatic rings. The molecule has 0 radical (unpaired) electrons. The van der Waals surface area contributed by atoms with Gasteiger partial charge in [0, 0.05) is 0 Å². The first-order chi connectivity index (χ1) is 5.83. The van der Waals surface area contributed by atoms with E-state index in [0.29, 0.717) is 0 Å². The molecule has 0 aromatic heterocycles. The molecule has 0 unspecified atom stereocenters. The minimum atomic E-state index is -4.49. The van der Waals surface area contributed by atoms with E-state index in [1.54, 1.807) is 0 Å². The zero-order valence-corrected chi connectivity index (χ0v) is 9.21. The van der Waals surface area contributed by atoms with Gasteiger partial charge in [0.05, 0.1) is 0 Å². The van der Waals surface area contributed by atoms with Crippen molar-refractivity contribution in [1.82, 2.24) is 0 Å². The average molecular weight is 216 g/mol. The van der Waals surface area contributed by atoms with E-state index in [1.165, 1.54) is 13.8 Å². The summed E-state index contributed by atoms with van der Waals surface area (Å²) in [5.41, 5.74) is 0. The first-order valence-electron chi connectivity index (χ1n) is 3.42. The molecule has 0 N–H and O–H groups in total. The van der Waals surface area contributed by atoms with E-state index in [-0.39, 0.29) is 18.9 Å². The van der Waals surface area contributed by atoms with E-state index in [0.717, 1.165) is 0 Å². The number of rotatable bonds is 6. The van der Waals surface area contributed by atoms with Gasteiger partial charge in [-0.05, 0) is 13.8 Å². The minimum absolute atomic E-state index is 0. The molecular weight excluding hydrogens is 206 g/mol. The molecule has 0 aliphatic carbocycles. The number of phosphoric acid groups is 1. The van der Waals surface area contributed by atoms with Crippen LogP contribution in [-0.4, -0.2) is 24.8 Å². The Morgan fingerprint density at radius 2 is 1.43 bits per heavy atom. The first-order valence-corrected chi connectivity index (χ1v) is 4.88. The van der Waals surface area contributed by atoms with E-state index in [9.17, 15) is 19.0 Å². The molecule has 0 amide bonds. The van der Waals surface area contributed by atoms with Crippen LogP contribution >= 0.6 is 7.82 Å². The van der Waals surface area contributed by atoms with Gasteiger partial charge in [-0.2, -0.15) is 0 Å². The topological polar surface area (TPSA) is 92.7 Å². The van der Waals surface area contributed by atoms with Crippen molar-refractivity contribution in [2.75, 3.05) is 13.2 Å². The van der Waals surface area contributed by atoms with Crippen LogP contribution in [0, 0.1) is 0 Å². The maximum atomic E-state index is 10.7.